The molecule has 0 aliphatic heterocycles. The number of carbonyl (C=O) groups is 3. The number of methoxy groups -OCH3 is 1. The van der Waals surface area contributed by atoms with Crippen LogP contribution in [0.3, 0.4) is 0 Å². The fraction of sp³-hybridized carbons (Fsp3) is 0.667. The van der Waals surface area contributed by atoms with Crippen LogP contribution >= 0.6 is 12.4 Å². The molecule has 1 aliphatic carbocycles. The van der Waals surface area contributed by atoms with E-state index >= 15 is 0 Å². The molecule has 1 aromatic carbocycles. The van der Waals surface area contributed by atoms with E-state index in [4.69, 9.17) is 14.2 Å². The van der Waals surface area contributed by atoms with Crippen LogP contribution in [0, 0.1) is 11.3 Å². The van der Waals surface area contributed by atoms with Gasteiger partial charge in [-0.05, 0) is 68.1 Å². The maximum absolute atomic E-state index is 12.6. The smallest absolute Gasteiger partial charge is 0.308 e. The van der Waals surface area contributed by atoms with Crippen molar-refractivity contribution >= 4 is 30.3 Å². The number of hydrogen-bond acceptors (Lipinski definition) is 6. The first-order valence-electron chi connectivity index (χ1n) is 12.4. The topological polar surface area (TPSA) is 90.9 Å². The van der Waals surface area contributed by atoms with Crippen LogP contribution < -0.4 is 10.1 Å². The lowest BCUT2D eigenvalue weighted by atomic mass is 9.72. The Morgan fingerprint density at radius 1 is 1.00 bits per heavy atom. The molecule has 1 N–H and O–H groups in total. The van der Waals surface area contributed by atoms with E-state index in [1.165, 1.54) is 0 Å². The third kappa shape index (κ3) is 10.9. The summed E-state index contributed by atoms with van der Waals surface area (Å²) >= 11 is 0. The molecule has 35 heavy (non-hydrogen) atoms. The summed E-state index contributed by atoms with van der Waals surface area (Å²) in [5.41, 5.74) is 1.08. The second-order valence-corrected chi connectivity index (χ2v) is 10.1. The molecule has 1 amide bonds. The Balaban J connectivity index is 0.00000612. The van der Waals surface area contributed by atoms with Crippen molar-refractivity contribution in [3.8, 4) is 5.75 Å². The van der Waals surface area contributed by atoms with Gasteiger partial charge in [-0.1, -0.05) is 32.9 Å². The molecule has 1 atom stereocenters. The van der Waals surface area contributed by atoms with Gasteiger partial charge in [0, 0.05) is 12.8 Å². The highest BCUT2D eigenvalue weighted by Gasteiger charge is 2.31. The van der Waals surface area contributed by atoms with Crippen LogP contribution in [0.2, 0.25) is 0 Å². The van der Waals surface area contributed by atoms with Crippen LogP contribution in [0.25, 0.3) is 0 Å². The summed E-state index contributed by atoms with van der Waals surface area (Å²) in [6.45, 7) is 8.82. The second-order valence-electron chi connectivity index (χ2n) is 10.1. The molecule has 0 spiro atoms. The van der Waals surface area contributed by atoms with E-state index in [0.29, 0.717) is 23.5 Å². The summed E-state index contributed by atoms with van der Waals surface area (Å²) in [5, 5.41) is 2.90. The highest BCUT2D eigenvalue weighted by Crippen LogP contribution is 2.38. The zero-order valence-corrected chi connectivity index (χ0v) is 22.6. The van der Waals surface area contributed by atoms with Crippen LogP contribution in [0.5, 0.6) is 5.75 Å². The Hall–Kier alpha value is -2.28. The Kier molecular flexibility index (Phi) is 13.2. The number of ether oxygens (including phenoxy) is 3. The lowest BCUT2D eigenvalue weighted by Crippen LogP contribution is -2.31. The molecule has 198 valence electrons. The first-order chi connectivity index (χ1) is 16.1. The summed E-state index contributed by atoms with van der Waals surface area (Å²) in [5.74, 6) is 0.511. The standard InChI is InChI=1S/C27H41NO6.ClH/c1-6-33-26(31)18-23(19-10-14-21(32-5)15-11-19)28-24(29)8-7-9-25(30)34-22-16-12-20(13-17-22)27(2,3)4;/h10-11,14-15,20,22-23H,6-9,12-13,16-18H2,1-5H3,(H,28,29);1H. The largest absolute Gasteiger partial charge is 0.497 e. The number of rotatable bonds is 11. The molecule has 7 nitrogen and oxygen atoms in total. The minimum absolute atomic E-state index is 0. The van der Waals surface area contributed by atoms with Gasteiger partial charge in [-0.3, -0.25) is 14.4 Å². The molecule has 1 aliphatic rings. The number of nitrogens with one attached hydrogen (secondary N) is 1. The van der Waals surface area contributed by atoms with Gasteiger partial charge in [0.25, 0.3) is 0 Å². The molecule has 1 saturated carbocycles. The second kappa shape index (κ2) is 15.0. The first kappa shape index (κ1) is 30.8. The van der Waals surface area contributed by atoms with Crippen molar-refractivity contribution in [2.75, 3.05) is 13.7 Å². The van der Waals surface area contributed by atoms with Crippen molar-refractivity contribution in [2.24, 2.45) is 11.3 Å². The Bertz CT molecular complexity index is 797. The van der Waals surface area contributed by atoms with Crippen LogP contribution in [0.4, 0.5) is 0 Å². The SMILES string of the molecule is CCOC(=O)CC(NC(=O)CCCC(=O)OC1CCC(C(C)(C)C)CC1)c1ccc(OC)cc1.Cl. The predicted molar refractivity (Wildman–Crippen MR) is 138 cm³/mol. The lowest BCUT2D eigenvalue weighted by molar-refractivity contribution is -0.151. The molecule has 0 saturated heterocycles. The normalized spacial score (nSPS) is 18.5. The summed E-state index contributed by atoms with van der Waals surface area (Å²) < 4.78 is 15.9. The minimum Gasteiger partial charge on any atom is -0.497 e. The highest BCUT2D eigenvalue weighted by atomic mass is 35.5. The molecule has 0 radical (unpaired) electrons. The van der Waals surface area contributed by atoms with E-state index in [0.717, 1.165) is 31.2 Å². The number of carbonyl (C=O) groups excluding carboxylic acids is 3. The number of halogens is 1. The predicted octanol–water partition coefficient (Wildman–Crippen LogP) is 5.55. The number of esters is 2. The number of hydrogen-bond donors (Lipinski definition) is 1. The van der Waals surface area contributed by atoms with Crippen LogP contribution in [-0.2, 0) is 23.9 Å². The third-order valence-corrected chi connectivity index (χ3v) is 6.51. The molecular formula is C27H42ClNO6. The van der Waals surface area contributed by atoms with E-state index in [9.17, 15) is 14.4 Å². The third-order valence-electron chi connectivity index (χ3n) is 6.51. The lowest BCUT2D eigenvalue weighted by Gasteiger charge is -2.36. The highest BCUT2D eigenvalue weighted by molar-refractivity contribution is 5.85. The van der Waals surface area contributed by atoms with E-state index in [-0.39, 0.29) is 62.2 Å². The fourth-order valence-corrected chi connectivity index (χ4v) is 4.43. The van der Waals surface area contributed by atoms with E-state index in [2.05, 4.69) is 26.1 Å². The van der Waals surface area contributed by atoms with Gasteiger partial charge < -0.3 is 19.5 Å². The van der Waals surface area contributed by atoms with Crippen molar-refractivity contribution in [3.63, 3.8) is 0 Å². The average Bonchev–Trinajstić information content (AvgIpc) is 2.78. The van der Waals surface area contributed by atoms with Gasteiger partial charge in [-0.2, -0.15) is 0 Å². The Morgan fingerprint density at radius 2 is 1.63 bits per heavy atom. The van der Waals surface area contributed by atoms with E-state index < -0.39 is 6.04 Å². The molecule has 0 heterocycles. The minimum atomic E-state index is -0.512. The molecule has 8 heteroatoms. The van der Waals surface area contributed by atoms with Gasteiger partial charge in [0.15, 0.2) is 0 Å². The molecule has 0 aromatic heterocycles. The maximum Gasteiger partial charge on any atom is 0.308 e. The fourth-order valence-electron chi connectivity index (χ4n) is 4.43. The van der Waals surface area contributed by atoms with Crippen molar-refractivity contribution in [1.82, 2.24) is 5.32 Å². The first-order valence-corrected chi connectivity index (χ1v) is 12.4. The quantitative estimate of drug-likeness (QED) is 0.392. The average molecular weight is 512 g/mol. The zero-order valence-electron chi connectivity index (χ0n) is 21.8. The zero-order chi connectivity index (χ0) is 25.1. The van der Waals surface area contributed by atoms with E-state index in [1.54, 1.807) is 26.2 Å². The van der Waals surface area contributed by atoms with Crippen molar-refractivity contribution in [1.29, 1.82) is 0 Å². The number of amides is 1. The molecule has 1 unspecified atom stereocenters. The summed E-state index contributed by atoms with van der Waals surface area (Å²) in [6, 6.07) is 6.68. The monoisotopic (exact) mass is 511 g/mol. The summed E-state index contributed by atoms with van der Waals surface area (Å²) in [4.78, 5) is 36.9. The Morgan fingerprint density at radius 3 is 2.17 bits per heavy atom. The van der Waals surface area contributed by atoms with Crippen molar-refractivity contribution < 1.29 is 28.6 Å². The van der Waals surface area contributed by atoms with Crippen LogP contribution in [0.1, 0.15) is 90.7 Å². The molecular weight excluding hydrogens is 470 g/mol. The van der Waals surface area contributed by atoms with Gasteiger partial charge >= 0.3 is 11.9 Å². The van der Waals surface area contributed by atoms with Gasteiger partial charge in [-0.25, -0.2) is 0 Å². The van der Waals surface area contributed by atoms with Crippen LogP contribution in [-0.4, -0.2) is 37.7 Å². The van der Waals surface area contributed by atoms with Crippen molar-refractivity contribution in [2.45, 2.75) is 91.2 Å². The molecule has 1 aromatic rings. The van der Waals surface area contributed by atoms with Gasteiger partial charge in [0.05, 0.1) is 26.2 Å². The van der Waals surface area contributed by atoms with E-state index in [1.807, 2.05) is 12.1 Å². The van der Waals surface area contributed by atoms with Gasteiger partial charge in [0.1, 0.15) is 11.9 Å². The summed E-state index contributed by atoms with van der Waals surface area (Å²) in [7, 11) is 1.58. The van der Waals surface area contributed by atoms with Crippen molar-refractivity contribution in [3.05, 3.63) is 29.8 Å². The van der Waals surface area contributed by atoms with Gasteiger partial charge in [-0.15, -0.1) is 12.4 Å². The van der Waals surface area contributed by atoms with Crippen LogP contribution in [0.15, 0.2) is 24.3 Å². The molecule has 0 bridgehead atoms. The Labute approximate surface area is 216 Å². The maximum atomic E-state index is 12.6. The summed E-state index contributed by atoms with van der Waals surface area (Å²) in [6.07, 6.45) is 4.79. The molecule has 1 fully saturated rings. The van der Waals surface area contributed by atoms with Gasteiger partial charge in [0.2, 0.25) is 5.91 Å². The number of benzene rings is 1. The molecule has 2 rings (SSSR count).